The minimum Gasteiger partial charge on any atom is -0.350 e. The number of rotatable bonds is 7. The summed E-state index contributed by atoms with van der Waals surface area (Å²) in [4.78, 5) is 26.1. The fourth-order valence-electron chi connectivity index (χ4n) is 4.35. The van der Waals surface area contributed by atoms with Crippen molar-refractivity contribution in [3.63, 3.8) is 0 Å². The maximum Gasteiger partial charge on any atom is 0.329 e. The first-order chi connectivity index (χ1) is 15.7. The van der Waals surface area contributed by atoms with Gasteiger partial charge in [-0.25, -0.2) is 13.2 Å². The summed E-state index contributed by atoms with van der Waals surface area (Å²) >= 11 is 0. The third kappa shape index (κ3) is 4.47. The molecule has 1 aliphatic rings. The summed E-state index contributed by atoms with van der Waals surface area (Å²) in [6.45, 7) is 6.93. The molecule has 0 bridgehead atoms. The zero-order chi connectivity index (χ0) is 23.8. The standard InChI is InChI=1S/C24H30N4O4S/c1-17(2)28-21-11-10-20(33(31,32)26-12-6-7-13-26)14-22(21)27(24(28)30)16-23(29)25-15-19-9-5-4-8-18(19)3/h4-5,8-11,14,17H,6-7,12-13,15-16H2,1-3H3,(H,25,29). The van der Waals surface area contributed by atoms with Crippen molar-refractivity contribution in [2.45, 2.75) is 57.6 Å². The third-order valence-corrected chi connectivity index (χ3v) is 8.09. The Kier molecular flexibility index (Phi) is 6.45. The highest BCUT2D eigenvalue weighted by Crippen LogP contribution is 2.25. The van der Waals surface area contributed by atoms with Crippen LogP contribution in [0.4, 0.5) is 0 Å². The summed E-state index contributed by atoms with van der Waals surface area (Å²) < 4.78 is 30.6. The minimum atomic E-state index is -3.64. The number of aryl methyl sites for hydroxylation is 1. The van der Waals surface area contributed by atoms with Gasteiger partial charge >= 0.3 is 5.69 Å². The Morgan fingerprint density at radius 2 is 1.76 bits per heavy atom. The molecule has 1 aliphatic heterocycles. The molecule has 0 saturated carbocycles. The van der Waals surface area contributed by atoms with Crippen molar-refractivity contribution in [3.8, 4) is 0 Å². The topological polar surface area (TPSA) is 93.4 Å². The molecule has 1 amide bonds. The summed E-state index contributed by atoms with van der Waals surface area (Å²) in [5.74, 6) is -0.309. The molecular formula is C24H30N4O4S. The quantitative estimate of drug-likeness (QED) is 0.575. The number of aromatic nitrogens is 2. The second-order valence-electron chi connectivity index (χ2n) is 8.80. The molecule has 0 radical (unpaired) electrons. The Hall–Kier alpha value is -2.91. The highest BCUT2D eigenvalue weighted by molar-refractivity contribution is 7.89. The van der Waals surface area contributed by atoms with E-state index in [1.54, 1.807) is 16.7 Å². The van der Waals surface area contributed by atoms with Gasteiger partial charge in [0.25, 0.3) is 0 Å². The zero-order valence-electron chi connectivity index (χ0n) is 19.2. The summed E-state index contributed by atoms with van der Waals surface area (Å²) in [6, 6.07) is 12.4. The highest BCUT2D eigenvalue weighted by atomic mass is 32.2. The average Bonchev–Trinajstić information content (AvgIpc) is 3.41. The van der Waals surface area contributed by atoms with Gasteiger partial charge < -0.3 is 5.32 Å². The Morgan fingerprint density at radius 3 is 2.42 bits per heavy atom. The van der Waals surface area contributed by atoms with Gasteiger partial charge in [-0.05, 0) is 62.9 Å². The van der Waals surface area contributed by atoms with Crippen LogP contribution in [0.2, 0.25) is 0 Å². The van der Waals surface area contributed by atoms with E-state index < -0.39 is 10.0 Å². The summed E-state index contributed by atoms with van der Waals surface area (Å²) in [7, 11) is -3.64. The van der Waals surface area contributed by atoms with Crippen LogP contribution in [0, 0.1) is 6.92 Å². The largest absolute Gasteiger partial charge is 0.350 e. The predicted molar refractivity (Wildman–Crippen MR) is 128 cm³/mol. The van der Waals surface area contributed by atoms with Crippen molar-refractivity contribution in [3.05, 3.63) is 64.1 Å². The lowest BCUT2D eigenvalue weighted by Gasteiger charge is -2.16. The molecule has 1 aromatic heterocycles. The number of hydrogen-bond acceptors (Lipinski definition) is 4. The second-order valence-corrected chi connectivity index (χ2v) is 10.7. The van der Waals surface area contributed by atoms with E-state index in [1.165, 1.54) is 14.9 Å². The summed E-state index contributed by atoms with van der Waals surface area (Å²) in [6.07, 6.45) is 1.69. The predicted octanol–water partition coefficient (Wildman–Crippen LogP) is 2.79. The Balaban J connectivity index is 1.68. The highest BCUT2D eigenvalue weighted by Gasteiger charge is 2.28. The van der Waals surface area contributed by atoms with Crippen LogP contribution in [0.25, 0.3) is 11.0 Å². The maximum absolute atomic E-state index is 13.2. The van der Waals surface area contributed by atoms with Gasteiger partial charge in [0.2, 0.25) is 15.9 Å². The molecule has 1 fully saturated rings. The van der Waals surface area contributed by atoms with Gasteiger partial charge in [0.15, 0.2) is 0 Å². The number of benzene rings is 2. The van der Waals surface area contributed by atoms with E-state index in [4.69, 9.17) is 0 Å². The van der Waals surface area contributed by atoms with Crippen molar-refractivity contribution < 1.29 is 13.2 Å². The van der Waals surface area contributed by atoms with Crippen molar-refractivity contribution in [1.82, 2.24) is 18.8 Å². The normalized spacial score (nSPS) is 14.9. The van der Waals surface area contributed by atoms with Crippen LogP contribution < -0.4 is 11.0 Å². The molecule has 0 aliphatic carbocycles. The number of nitrogens with one attached hydrogen (secondary N) is 1. The second kappa shape index (κ2) is 9.15. The first-order valence-electron chi connectivity index (χ1n) is 11.3. The van der Waals surface area contributed by atoms with E-state index in [0.29, 0.717) is 30.7 Å². The lowest BCUT2D eigenvalue weighted by molar-refractivity contribution is -0.121. The molecule has 0 atom stereocenters. The minimum absolute atomic E-state index is 0.141. The van der Waals surface area contributed by atoms with E-state index in [9.17, 15) is 18.0 Å². The van der Waals surface area contributed by atoms with E-state index in [1.807, 2.05) is 45.0 Å². The van der Waals surface area contributed by atoms with Crippen molar-refractivity contribution in [2.75, 3.05) is 13.1 Å². The number of hydrogen-bond donors (Lipinski definition) is 1. The fraction of sp³-hybridized carbons (Fsp3) is 0.417. The zero-order valence-corrected chi connectivity index (χ0v) is 20.1. The molecule has 0 unspecified atom stereocenters. The van der Waals surface area contributed by atoms with Crippen LogP contribution in [0.3, 0.4) is 0 Å². The van der Waals surface area contributed by atoms with E-state index >= 15 is 0 Å². The first kappa shape index (κ1) is 23.3. The average molecular weight is 471 g/mol. The van der Waals surface area contributed by atoms with Crippen LogP contribution in [0.15, 0.2) is 52.2 Å². The molecule has 9 heteroatoms. The molecule has 2 heterocycles. The van der Waals surface area contributed by atoms with Gasteiger partial charge in [-0.3, -0.25) is 13.9 Å². The Bertz CT molecular complexity index is 1350. The summed E-state index contributed by atoms with van der Waals surface area (Å²) in [5.41, 5.74) is 2.80. The first-order valence-corrected chi connectivity index (χ1v) is 12.7. The van der Waals surface area contributed by atoms with E-state index in [-0.39, 0.29) is 29.1 Å². The number of nitrogens with zero attached hydrogens (tertiary/aromatic N) is 3. The molecule has 3 aromatic rings. The SMILES string of the molecule is Cc1ccccc1CNC(=O)Cn1c(=O)n(C(C)C)c2ccc(S(=O)(=O)N3CCCC3)cc21. The van der Waals surface area contributed by atoms with Gasteiger partial charge in [-0.2, -0.15) is 4.31 Å². The van der Waals surface area contributed by atoms with Gasteiger partial charge in [-0.15, -0.1) is 0 Å². The smallest absolute Gasteiger partial charge is 0.329 e. The molecule has 8 nitrogen and oxygen atoms in total. The summed E-state index contributed by atoms with van der Waals surface area (Å²) in [5, 5.41) is 2.87. The van der Waals surface area contributed by atoms with E-state index in [2.05, 4.69) is 5.32 Å². The number of carbonyl (C=O) groups is 1. The van der Waals surface area contributed by atoms with Crippen LogP contribution in [-0.2, 0) is 27.9 Å². The molecule has 4 rings (SSSR count). The Morgan fingerprint density at radius 1 is 1.06 bits per heavy atom. The molecule has 0 spiro atoms. The molecule has 1 N–H and O–H groups in total. The van der Waals surface area contributed by atoms with Crippen molar-refractivity contribution in [1.29, 1.82) is 0 Å². The van der Waals surface area contributed by atoms with Gasteiger partial charge in [0, 0.05) is 25.7 Å². The molecule has 2 aromatic carbocycles. The van der Waals surface area contributed by atoms with Crippen LogP contribution >= 0.6 is 0 Å². The van der Waals surface area contributed by atoms with Crippen molar-refractivity contribution >= 4 is 27.0 Å². The number of carbonyl (C=O) groups excluding carboxylic acids is 1. The van der Waals surface area contributed by atoms with Gasteiger partial charge in [-0.1, -0.05) is 24.3 Å². The lowest BCUT2D eigenvalue weighted by atomic mass is 10.1. The van der Waals surface area contributed by atoms with Crippen LogP contribution in [-0.4, -0.2) is 40.9 Å². The monoisotopic (exact) mass is 470 g/mol. The maximum atomic E-state index is 13.2. The number of sulfonamides is 1. The number of fused-ring (bicyclic) bond motifs is 1. The third-order valence-electron chi connectivity index (χ3n) is 6.19. The van der Waals surface area contributed by atoms with E-state index in [0.717, 1.165) is 24.0 Å². The van der Waals surface area contributed by atoms with Crippen molar-refractivity contribution in [2.24, 2.45) is 0 Å². The molecule has 1 saturated heterocycles. The Labute approximate surface area is 193 Å². The lowest BCUT2D eigenvalue weighted by Crippen LogP contribution is -2.33. The number of amides is 1. The van der Waals surface area contributed by atoms with Crippen LogP contribution in [0.1, 0.15) is 43.9 Å². The van der Waals surface area contributed by atoms with Gasteiger partial charge in [0.1, 0.15) is 6.54 Å². The molecule has 176 valence electrons. The van der Waals surface area contributed by atoms with Crippen LogP contribution in [0.5, 0.6) is 0 Å². The fourth-order valence-corrected chi connectivity index (χ4v) is 5.89. The number of imidazole rings is 1. The molecular weight excluding hydrogens is 440 g/mol. The van der Waals surface area contributed by atoms with Gasteiger partial charge in [0.05, 0.1) is 15.9 Å². The molecule has 33 heavy (non-hydrogen) atoms.